The van der Waals surface area contributed by atoms with Gasteiger partial charge in [-0.2, -0.15) is 0 Å². The fraction of sp³-hybridized carbons (Fsp3) is 0.235. The topological polar surface area (TPSA) is 61.5 Å². The van der Waals surface area contributed by atoms with Crippen molar-refractivity contribution in [2.45, 2.75) is 19.1 Å². The van der Waals surface area contributed by atoms with Crippen LogP contribution in [0.2, 0.25) is 0 Å². The van der Waals surface area contributed by atoms with Gasteiger partial charge in [-0.15, -0.1) is 12.4 Å². The van der Waals surface area contributed by atoms with Gasteiger partial charge in [-0.3, -0.25) is 4.79 Å². The fourth-order valence-corrected chi connectivity index (χ4v) is 1.99. The van der Waals surface area contributed by atoms with Crippen molar-refractivity contribution in [2.24, 2.45) is 5.73 Å². The van der Waals surface area contributed by atoms with Crippen molar-refractivity contribution in [1.29, 1.82) is 0 Å². The van der Waals surface area contributed by atoms with E-state index in [9.17, 15) is 9.18 Å². The second kappa shape index (κ2) is 9.12. The third-order valence-corrected chi connectivity index (χ3v) is 3.24. The summed E-state index contributed by atoms with van der Waals surface area (Å²) < 4.78 is 23.6. The van der Waals surface area contributed by atoms with Crippen molar-refractivity contribution < 1.29 is 18.7 Å². The molecule has 0 aromatic heterocycles. The number of esters is 1. The van der Waals surface area contributed by atoms with Gasteiger partial charge in [-0.05, 0) is 30.2 Å². The fourth-order valence-electron chi connectivity index (χ4n) is 1.99. The van der Waals surface area contributed by atoms with Crippen LogP contribution in [0.15, 0.2) is 48.5 Å². The second-order valence-corrected chi connectivity index (χ2v) is 4.86. The van der Waals surface area contributed by atoms with Crippen molar-refractivity contribution in [3.05, 3.63) is 65.5 Å². The molecular formula is C17H19ClFNO3. The molecule has 0 spiro atoms. The summed E-state index contributed by atoms with van der Waals surface area (Å²) in [5.74, 6) is -0.110. The van der Waals surface area contributed by atoms with E-state index in [4.69, 9.17) is 10.5 Å². The largest absolute Gasteiger partial charge is 0.489 e. The molecule has 0 saturated carbocycles. The zero-order valence-electron chi connectivity index (χ0n) is 12.7. The number of rotatable bonds is 6. The molecule has 0 fully saturated rings. The predicted molar refractivity (Wildman–Crippen MR) is 88.1 cm³/mol. The lowest BCUT2D eigenvalue weighted by molar-refractivity contribution is -0.142. The number of hydrogen-bond donors (Lipinski definition) is 1. The van der Waals surface area contributed by atoms with Gasteiger partial charge in [0, 0.05) is 5.56 Å². The van der Waals surface area contributed by atoms with E-state index in [0.717, 1.165) is 5.56 Å². The zero-order valence-corrected chi connectivity index (χ0v) is 13.5. The van der Waals surface area contributed by atoms with Crippen LogP contribution in [-0.2, 0) is 22.6 Å². The lowest BCUT2D eigenvalue weighted by Gasteiger charge is -2.10. The normalized spacial score (nSPS) is 11.3. The summed E-state index contributed by atoms with van der Waals surface area (Å²) in [6.45, 7) is 0.160. The highest BCUT2D eigenvalue weighted by atomic mass is 35.5. The first-order valence-corrected chi connectivity index (χ1v) is 6.88. The van der Waals surface area contributed by atoms with Gasteiger partial charge in [-0.1, -0.05) is 30.3 Å². The molecule has 0 amide bonds. The van der Waals surface area contributed by atoms with Gasteiger partial charge in [-0.25, -0.2) is 4.39 Å². The molecule has 2 aromatic carbocycles. The average molecular weight is 340 g/mol. The number of carbonyl (C=O) groups is 1. The molecular weight excluding hydrogens is 321 g/mol. The number of nitrogens with two attached hydrogens (primary N) is 1. The van der Waals surface area contributed by atoms with Crippen LogP contribution in [0.25, 0.3) is 0 Å². The number of halogens is 2. The zero-order chi connectivity index (χ0) is 15.9. The Labute approximate surface area is 140 Å². The molecule has 23 heavy (non-hydrogen) atoms. The summed E-state index contributed by atoms with van der Waals surface area (Å²) in [6.07, 6.45) is 0.389. The van der Waals surface area contributed by atoms with E-state index in [1.807, 2.05) is 12.1 Å². The Hall–Kier alpha value is -2.11. The minimum atomic E-state index is -0.685. The maximum absolute atomic E-state index is 13.5. The van der Waals surface area contributed by atoms with Gasteiger partial charge in [0.1, 0.15) is 24.2 Å². The number of benzene rings is 2. The molecule has 2 aromatic rings. The first-order chi connectivity index (χ1) is 10.6. The molecule has 124 valence electrons. The summed E-state index contributed by atoms with van der Waals surface area (Å²) >= 11 is 0. The smallest absolute Gasteiger partial charge is 0.322 e. The summed E-state index contributed by atoms with van der Waals surface area (Å²) in [7, 11) is 1.31. The standard InChI is InChI=1S/C17H18FNO3.ClH/c1-21-17(20)16(19)10-12-6-8-14(9-7-12)22-11-13-4-2-3-5-15(13)18;/h2-9,16H,10-11,19H2,1H3;1H/t16-;/m0./s1. The molecule has 0 radical (unpaired) electrons. The molecule has 0 aliphatic heterocycles. The first-order valence-electron chi connectivity index (χ1n) is 6.88. The minimum Gasteiger partial charge on any atom is -0.489 e. The first kappa shape index (κ1) is 18.9. The van der Waals surface area contributed by atoms with Crippen molar-refractivity contribution in [1.82, 2.24) is 0 Å². The van der Waals surface area contributed by atoms with E-state index in [1.165, 1.54) is 13.2 Å². The molecule has 0 bridgehead atoms. The molecule has 1 atom stereocenters. The van der Waals surface area contributed by atoms with Gasteiger partial charge in [0.15, 0.2) is 0 Å². The Morgan fingerprint density at radius 3 is 2.43 bits per heavy atom. The summed E-state index contributed by atoms with van der Waals surface area (Å²) in [4.78, 5) is 11.3. The van der Waals surface area contributed by atoms with Gasteiger partial charge < -0.3 is 15.2 Å². The minimum absolute atomic E-state index is 0. The number of carbonyl (C=O) groups excluding carboxylic acids is 1. The van der Waals surface area contributed by atoms with Crippen LogP contribution in [-0.4, -0.2) is 19.1 Å². The van der Waals surface area contributed by atoms with E-state index in [0.29, 0.717) is 17.7 Å². The number of hydrogen-bond acceptors (Lipinski definition) is 4. The molecule has 0 saturated heterocycles. The number of methoxy groups -OCH3 is 1. The van der Waals surface area contributed by atoms with E-state index < -0.39 is 12.0 Å². The maximum atomic E-state index is 13.5. The lowest BCUT2D eigenvalue weighted by Crippen LogP contribution is -2.33. The monoisotopic (exact) mass is 339 g/mol. The van der Waals surface area contributed by atoms with Crippen molar-refractivity contribution in [3.63, 3.8) is 0 Å². The van der Waals surface area contributed by atoms with Crippen molar-refractivity contribution >= 4 is 18.4 Å². The van der Waals surface area contributed by atoms with Crippen LogP contribution in [0, 0.1) is 5.82 Å². The highest BCUT2D eigenvalue weighted by Crippen LogP contribution is 2.16. The van der Waals surface area contributed by atoms with Crippen LogP contribution < -0.4 is 10.5 Å². The molecule has 0 unspecified atom stereocenters. The van der Waals surface area contributed by atoms with Gasteiger partial charge >= 0.3 is 5.97 Å². The highest BCUT2D eigenvalue weighted by Gasteiger charge is 2.14. The van der Waals surface area contributed by atoms with Crippen LogP contribution in [0.4, 0.5) is 4.39 Å². The van der Waals surface area contributed by atoms with E-state index in [-0.39, 0.29) is 24.8 Å². The SMILES string of the molecule is COC(=O)[C@@H](N)Cc1ccc(OCc2ccccc2F)cc1.Cl. The summed E-state index contributed by atoms with van der Waals surface area (Å²) in [6, 6.07) is 13.0. The van der Waals surface area contributed by atoms with Gasteiger partial charge in [0.2, 0.25) is 0 Å². The summed E-state index contributed by atoms with van der Waals surface area (Å²) in [5.41, 5.74) is 7.10. The lowest BCUT2D eigenvalue weighted by atomic mass is 10.1. The molecule has 0 aliphatic carbocycles. The van der Waals surface area contributed by atoms with Crippen LogP contribution in [0.1, 0.15) is 11.1 Å². The van der Waals surface area contributed by atoms with Crippen LogP contribution >= 0.6 is 12.4 Å². The Balaban J connectivity index is 0.00000264. The quantitative estimate of drug-likeness (QED) is 0.822. The Morgan fingerprint density at radius 1 is 1.17 bits per heavy atom. The molecule has 6 heteroatoms. The van der Waals surface area contributed by atoms with Gasteiger partial charge in [0.05, 0.1) is 7.11 Å². The number of ether oxygens (including phenoxy) is 2. The van der Waals surface area contributed by atoms with E-state index in [1.54, 1.807) is 30.3 Å². The Morgan fingerprint density at radius 2 is 1.83 bits per heavy atom. The van der Waals surface area contributed by atoms with E-state index in [2.05, 4.69) is 4.74 Å². The third kappa shape index (κ3) is 5.54. The Kier molecular flexibility index (Phi) is 7.51. The summed E-state index contributed by atoms with van der Waals surface area (Å²) in [5, 5.41) is 0. The van der Waals surface area contributed by atoms with Crippen LogP contribution in [0.3, 0.4) is 0 Å². The van der Waals surface area contributed by atoms with Crippen LogP contribution in [0.5, 0.6) is 5.75 Å². The molecule has 2 N–H and O–H groups in total. The van der Waals surface area contributed by atoms with E-state index >= 15 is 0 Å². The highest BCUT2D eigenvalue weighted by molar-refractivity contribution is 5.85. The molecule has 0 heterocycles. The third-order valence-electron chi connectivity index (χ3n) is 3.24. The van der Waals surface area contributed by atoms with Crippen molar-refractivity contribution in [3.8, 4) is 5.75 Å². The predicted octanol–water partition coefficient (Wildman–Crippen LogP) is 2.87. The molecule has 2 rings (SSSR count). The average Bonchev–Trinajstić information content (AvgIpc) is 2.54. The van der Waals surface area contributed by atoms with Crippen molar-refractivity contribution in [2.75, 3.05) is 7.11 Å². The second-order valence-electron chi connectivity index (χ2n) is 4.86. The molecule has 0 aliphatic rings. The maximum Gasteiger partial charge on any atom is 0.322 e. The Bertz CT molecular complexity index is 634. The van der Waals surface area contributed by atoms with Gasteiger partial charge in [0.25, 0.3) is 0 Å². The molecule has 4 nitrogen and oxygen atoms in total.